The molecule has 4 nitrogen and oxygen atoms in total. The van der Waals surface area contributed by atoms with Crippen molar-refractivity contribution < 1.29 is 9.53 Å². The lowest BCUT2D eigenvalue weighted by Gasteiger charge is -2.18. The number of rotatable bonds is 6. The van der Waals surface area contributed by atoms with Crippen LogP contribution >= 0.6 is 0 Å². The smallest absolute Gasteiger partial charge is 0.249 e. The van der Waals surface area contributed by atoms with E-state index in [9.17, 15) is 4.79 Å². The summed E-state index contributed by atoms with van der Waals surface area (Å²) in [4.78, 5) is 11.3. The molecule has 4 heteroatoms. The third-order valence-electron chi connectivity index (χ3n) is 2.08. The topological polar surface area (TPSA) is 64.3 Å². The van der Waals surface area contributed by atoms with E-state index in [2.05, 4.69) is 5.32 Å². The molecule has 0 bridgehead atoms. The van der Waals surface area contributed by atoms with E-state index in [1.807, 2.05) is 6.92 Å². The van der Waals surface area contributed by atoms with Crippen LogP contribution in [0.5, 0.6) is 0 Å². The second-order valence-corrected chi connectivity index (χ2v) is 3.07. The molecule has 0 aromatic heterocycles. The van der Waals surface area contributed by atoms with Crippen molar-refractivity contribution in [2.24, 2.45) is 5.73 Å². The van der Waals surface area contributed by atoms with Crippen LogP contribution in [0.1, 0.15) is 26.7 Å². The molecule has 0 saturated carbocycles. The van der Waals surface area contributed by atoms with Gasteiger partial charge in [0.15, 0.2) is 0 Å². The van der Waals surface area contributed by atoms with Crippen LogP contribution in [0, 0.1) is 0 Å². The number of nitrogens with one attached hydrogen (secondary N) is 1. The minimum atomic E-state index is -0.383. The molecule has 3 N–H and O–H groups in total. The molecule has 0 aromatic carbocycles. The van der Waals surface area contributed by atoms with Crippen LogP contribution in [0.2, 0.25) is 0 Å². The number of hydrogen-bond donors (Lipinski definition) is 2. The Morgan fingerprint density at radius 3 is 2.62 bits per heavy atom. The Hall–Kier alpha value is -0.610. The van der Waals surface area contributed by atoms with E-state index in [-0.39, 0.29) is 18.1 Å². The summed E-state index contributed by atoms with van der Waals surface area (Å²) in [7, 11) is 1.52. The zero-order valence-corrected chi connectivity index (χ0v) is 8.67. The summed E-state index contributed by atoms with van der Waals surface area (Å²) in [5.41, 5.74) is 5.41. The van der Waals surface area contributed by atoms with Gasteiger partial charge in [-0.25, -0.2) is 0 Å². The van der Waals surface area contributed by atoms with Crippen molar-refractivity contribution >= 4 is 5.91 Å². The average molecular weight is 188 g/mol. The van der Waals surface area contributed by atoms with Gasteiger partial charge in [0.2, 0.25) is 5.91 Å². The van der Waals surface area contributed by atoms with Crippen molar-refractivity contribution in [2.75, 3.05) is 13.7 Å². The lowest BCUT2D eigenvalue weighted by atomic mass is 10.1. The Balaban J connectivity index is 3.85. The standard InChI is InChI=1S/C9H20N2O2/c1-4-8(5-6-10)11-9(12)7(2)13-3/h7-8H,4-6,10H2,1-3H3,(H,11,12). The predicted molar refractivity (Wildman–Crippen MR) is 52.4 cm³/mol. The van der Waals surface area contributed by atoms with E-state index in [1.165, 1.54) is 7.11 Å². The van der Waals surface area contributed by atoms with Crippen molar-refractivity contribution in [1.82, 2.24) is 5.32 Å². The van der Waals surface area contributed by atoms with E-state index in [1.54, 1.807) is 6.92 Å². The lowest BCUT2D eigenvalue weighted by Crippen LogP contribution is -2.41. The van der Waals surface area contributed by atoms with Crippen LogP contribution in [0.25, 0.3) is 0 Å². The highest BCUT2D eigenvalue weighted by molar-refractivity contribution is 5.80. The first-order chi connectivity index (χ1) is 6.15. The summed E-state index contributed by atoms with van der Waals surface area (Å²) in [6.07, 6.45) is 1.34. The molecule has 0 aromatic rings. The van der Waals surface area contributed by atoms with Crippen LogP contribution in [0.3, 0.4) is 0 Å². The molecule has 2 atom stereocenters. The van der Waals surface area contributed by atoms with Gasteiger partial charge in [-0.15, -0.1) is 0 Å². The van der Waals surface area contributed by atoms with Crippen molar-refractivity contribution in [2.45, 2.75) is 38.8 Å². The Kier molecular flexibility index (Phi) is 6.54. The van der Waals surface area contributed by atoms with Gasteiger partial charge in [-0.1, -0.05) is 6.92 Å². The minimum Gasteiger partial charge on any atom is -0.372 e. The number of amides is 1. The van der Waals surface area contributed by atoms with Gasteiger partial charge in [0.1, 0.15) is 6.10 Å². The van der Waals surface area contributed by atoms with E-state index < -0.39 is 0 Å². The van der Waals surface area contributed by atoms with Crippen LogP contribution < -0.4 is 11.1 Å². The molecular weight excluding hydrogens is 168 g/mol. The zero-order chi connectivity index (χ0) is 10.3. The quantitative estimate of drug-likeness (QED) is 0.628. The van der Waals surface area contributed by atoms with Gasteiger partial charge in [-0.3, -0.25) is 4.79 Å². The monoisotopic (exact) mass is 188 g/mol. The molecule has 0 heterocycles. The Bertz CT molecular complexity index is 151. The van der Waals surface area contributed by atoms with Gasteiger partial charge in [0, 0.05) is 13.2 Å². The fraction of sp³-hybridized carbons (Fsp3) is 0.889. The number of methoxy groups -OCH3 is 1. The Morgan fingerprint density at radius 2 is 2.23 bits per heavy atom. The molecule has 0 aliphatic carbocycles. The second kappa shape index (κ2) is 6.86. The molecule has 1 amide bonds. The third kappa shape index (κ3) is 4.85. The number of carbonyl (C=O) groups is 1. The lowest BCUT2D eigenvalue weighted by molar-refractivity contribution is -0.130. The van der Waals surface area contributed by atoms with Crippen LogP contribution in [0.15, 0.2) is 0 Å². The van der Waals surface area contributed by atoms with Crippen molar-refractivity contribution in [3.63, 3.8) is 0 Å². The zero-order valence-electron chi connectivity index (χ0n) is 8.67. The second-order valence-electron chi connectivity index (χ2n) is 3.07. The van der Waals surface area contributed by atoms with E-state index in [0.29, 0.717) is 6.54 Å². The highest BCUT2D eigenvalue weighted by Crippen LogP contribution is 1.97. The SMILES string of the molecule is CCC(CCN)NC(=O)C(C)OC. The van der Waals surface area contributed by atoms with Gasteiger partial charge < -0.3 is 15.8 Å². The summed E-state index contributed by atoms with van der Waals surface area (Å²) in [5, 5.41) is 2.87. The summed E-state index contributed by atoms with van der Waals surface area (Å²) in [5.74, 6) is -0.0669. The summed E-state index contributed by atoms with van der Waals surface area (Å²) in [6, 6.07) is 0.176. The first kappa shape index (κ1) is 12.4. The summed E-state index contributed by atoms with van der Waals surface area (Å²) in [6.45, 7) is 4.35. The Labute approximate surface area is 79.8 Å². The summed E-state index contributed by atoms with van der Waals surface area (Å²) >= 11 is 0. The first-order valence-corrected chi connectivity index (χ1v) is 4.68. The normalized spacial score (nSPS) is 15.1. The molecule has 0 saturated heterocycles. The fourth-order valence-corrected chi connectivity index (χ4v) is 1.01. The van der Waals surface area contributed by atoms with Gasteiger partial charge in [0.05, 0.1) is 0 Å². The summed E-state index contributed by atoms with van der Waals surface area (Å²) < 4.78 is 4.89. The molecule has 0 aliphatic heterocycles. The first-order valence-electron chi connectivity index (χ1n) is 4.68. The fourth-order valence-electron chi connectivity index (χ4n) is 1.01. The van der Waals surface area contributed by atoms with Crippen molar-refractivity contribution in [3.8, 4) is 0 Å². The number of nitrogens with two attached hydrogens (primary N) is 1. The number of ether oxygens (including phenoxy) is 1. The third-order valence-corrected chi connectivity index (χ3v) is 2.08. The van der Waals surface area contributed by atoms with E-state index in [0.717, 1.165) is 12.8 Å². The Morgan fingerprint density at radius 1 is 1.62 bits per heavy atom. The number of carbonyl (C=O) groups excluding carboxylic acids is 1. The molecule has 0 aliphatic rings. The molecule has 0 radical (unpaired) electrons. The van der Waals surface area contributed by atoms with Gasteiger partial charge in [0.25, 0.3) is 0 Å². The van der Waals surface area contributed by atoms with Crippen LogP contribution in [-0.2, 0) is 9.53 Å². The maximum Gasteiger partial charge on any atom is 0.249 e. The number of hydrogen-bond acceptors (Lipinski definition) is 3. The molecule has 0 spiro atoms. The molecule has 13 heavy (non-hydrogen) atoms. The molecule has 0 rings (SSSR count). The van der Waals surface area contributed by atoms with Crippen molar-refractivity contribution in [1.29, 1.82) is 0 Å². The highest BCUT2D eigenvalue weighted by Gasteiger charge is 2.14. The predicted octanol–water partition coefficient (Wildman–Crippen LogP) is 0.265. The van der Waals surface area contributed by atoms with Gasteiger partial charge in [-0.2, -0.15) is 0 Å². The van der Waals surface area contributed by atoms with Crippen LogP contribution in [-0.4, -0.2) is 31.7 Å². The highest BCUT2D eigenvalue weighted by atomic mass is 16.5. The maximum atomic E-state index is 11.3. The molecular formula is C9H20N2O2. The van der Waals surface area contributed by atoms with E-state index in [4.69, 9.17) is 10.5 Å². The van der Waals surface area contributed by atoms with Crippen molar-refractivity contribution in [3.05, 3.63) is 0 Å². The average Bonchev–Trinajstić information content (AvgIpc) is 2.15. The van der Waals surface area contributed by atoms with Gasteiger partial charge in [-0.05, 0) is 26.3 Å². The molecule has 2 unspecified atom stereocenters. The van der Waals surface area contributed by atoms with Crippen LogP contribution in [0.4, 0.5) is 0 Å². The molecule has 0 fully saturated rings. The van der Waals surface area contributed by atoms with Gasteiger partial charge >= 0.3 is 0 Å². The maximum absolute atomic E-state index is 11.3. The largest absolute Gasteiger partial charge is 0.372 e. The minimum absolute atomic E-state index is 0.0669. The van der Waals surface area contributed by atoms with E-state index >= 15 is 0 Å². The molecule has 78 valence electrons.